The highest BCUT2D eigenvalue weighted by atomic mass is 35.5. The van der Waals surface area contributed by atoms with Gasteiger partial charge < -0.3 is 10.2 Å². The summed E-state index contributed by atoms with van der Waals surface area (Å²) in [6.07, 6.45) is -4.57. The van der Waals surface area contributed by atoms with Crippen LogP contribution in [0.15, 0.2) is 36.4 Å². The number of anilines is 1. The number of carbonyl (C=O) groups is 3. The Bertz CT molecular complexity index is 1260. The molecule has 37 heavy (non-hydrogen) atoms. The monoisotopic (exact) mass is 616 g/mol. The molecule has 1 saturated heterocycles. The van der Waals surface area contributed by atoms with Gasteiger partial charge in [0.15, 0.2) is 0 Å². The van der Waals surface area contributed by atoms with E-state index in [2.05, 4.69) is 10.7 Å². The average Bonchev–Trinajstić information content (AvgIpc) is 3.22. The van der Waals surface area contributed by atoms with Crippen molar-refractivity contribution in [3.8, 4) is 0 Å². The van der Waals surface area contributed by atoms with E-state index < -0.39 is 46.7 Å². The summed E-state index contributed by atoms with van der Waals surface area (Å²) >= 11 is 30.9. The van der Waals surface area contributed by atoms with Crippen LogP contribution in [0.1, 0.15) is 21.8 Å². The molecule has 0 unspecified atom stereocenters. The Morgan fingerprint density at radius 1 is 1.03 bits per heavy atom. The molecule has 198 valence electrons. The number of benzene rings is 2. The van der Waals surface area contributed by atoms with Crippen molar-refractivity contribution in [3.63, 3.8) is 0 Å². The quantitative estimate of drug-likeness (QED) is 0.383. The molecule has 1 aliphatic heterocycles. The molecule has 0 spiro atoms. The minimum Gasteiger partial charge on any atom is -0.326 e. The Balaban J connectivity index is 1.44. The number of urea groups is 1. The third-order valence-corrected chi connectivity index (χ3v) is 7.47. The van der Waals surface area contributed by atoms with Crippen LogP contribution in [0, 0.1) is 5.92 Å². The lowest BCUT2D eigenvalue weighted by Gasteiger charge is -2.20. The Labute approximate surface area is 233 Å². The number of carbonyl (C=O) groups excluding carboxylic acids is 3. The molecule has 2 fully saturated rings. The molecule has 1 heterocycles. The van der Waals surface area contributed by atoms with Crippen LogP contribution in [0.2, 0.25) is 15.1 Å². The topological polar surface area (TPSA) is 81.8 Å². The first-order chi connectivity index (χ1) is 17.2. The number of amides is 4. The summed E-state index contributed by atoms with van der Waals surface area (Å²) in [4.78, 5) is 38.4. The standard InChI is InChI=1S/C22H16Cl5F3N4O3/c23-11-5-10(6-12(24)7-11)16-17(22(16,26)27)19(36)31-13-1-2-15(25)14(8-13)18(35)32-34-4-3-33(20(34)37)9-21(28,29)30/h1-2,5-8,16-17H,3-4,9H2,(H,31,36)(H,32,35)/t16-,17+/m0/s1. The van der Waals surface area contributed by atoms with Crippen molar-refractivity contribution in [2.75, 3.05) is 25.0 Å². The molecule has 2 N–H and O–H groups in total. The molecular weight excluding hydrogens is 603 g/mol. The number of alkyl halides is 5. The minimum absolute atomic E-state index is 0.0174. The second kappa shape index (κ2) is 10.2. The van der Waals surface area contributed by atoms with Crippen LogP contribution in [0.3, 0.4) is 0 Å². The van der Waals surface area contributed by atoms with Crippen molar-refractivity contribution in [1.82, 2.24) is 15.3 Å². The van der Waals surface area contributed by atoms with Gasteiger partial charge in [-0.3, -0.25) is 15.0 Å². The summed E-state index contributed by atoms with van der Waals surface area (Å²) in [5, 5.41) is 4.06. The van der Waals surface area contributed by atoms with Crippen molar-refractivity contribution >= 4 is 81.5 Å². The number of nitrogens with one attached hydrogen (secondary N) is 2. The Kier molecular flexibility index (Phi) is 7.71. The number of hydrogen-bond acceptors (Lipinski definition) is 3. The Morgan fingerprint density at radius 3 is 2.30 bits per heavy atom. The average molecular weight is 619 g/mol. The van der Waals surface area contributed by atoms with Crippen LogP contribution in [0.4, 0.5) is 23.7 Å². The number of rotatable bonds is 6. The molecule has 1 saturated carbocycles. The molecular formula is C22H16Cl5F3N4O3. The maximum Gasteiger partial charge on any atom is 0.406 e. The predicted molar refractivity (Wildman–Crippen MR) is 134 cm³/mol. The van der Waals surface area contributed by atoms with E-state index in [1.807, 2.05) is 0 Å². The van der Waals surface area contributed by atoms with Crippen LogP contribution in [-0.2, 0) is 4.79 Å². The molecule has 2 aromatic rings. The SMILES string of the molecule is O=C(NN1CCN(CC(F)(F)F)C1=O)c1cc(NC(=O)[C@H]2[C@H](c3cc(Cl)cc(Cl)c3)C2(Cl)Cl)ccc1Cl. The zero-order chi connectivity index (χ0) is 27.3. The molecule has 2 atom stereocenters. The molecule has 4 amide bonds. The molecule has 0 aromatic heterocycles. The predicted octanol–water partition coefficient (Wildman–Crippen LogP) is 6.12. The van der Waals surface area contributed by atoms with Gasteiger partial charge in [-0.15, -0.1) is 23.2 Å². The number of hydrazine groups is 1. The molecule has 0 radical (unpaired) electrons. The van der Waals surface area contributed by atoms with E-state index in [0.29, 0.717) is 20.5 Å². The highest BCUT2D eigenvalue weighted by Gasteiger charge is 2.67. The molecule has 1 aliphatic carbocycles. The highest BCUT2D eigenvalue weighted by molar-refractivity contribution is 6.53. The van der Waals surface area contributed by atoms with E-state index in [1.54, 1.807) is 12.1 Å². The first-order valence-electron chi connectivity index (χ1n) is 10.6. The van der Waals surface area contributed by atoms with E-state index in [9.17, 15) is 27.6 Å². The van der Waals surface area contributed by atoms with Gasteiger partial charge in [0.2, 0.25) is 5.91 Å². The molecule has 2 aromatic carbocycles. The van der Waals surface area contributed by atoms with Crippen LogP contribution >= 0.6 is 58.0 Å². The maximum absolute atomic E-state index is 13.0. The Morgan fingerprint density at radius 2 is 1.68 bits per heavy atom. The number of halogens is 8. The fourth-order valence-corrected chi connectivity index (χ4v) is 5.63. The third kappa shape index (κ3) is 6.15. The van der Waals surface area contributed by atoms with Crippen molar-refractivity contribution in [2.45, 2.75) is 16.4 Å². The number of nitrogens with zero attached hydrogens (tertiary/aromatic N) is 2. The normalized spacial score (nSPS) is 20.7. The van der Waals surface area contributed by atoms with Crippen molar-refractivity contribution in [2.24, 2.45) is 5.92 Å². The summed E-state index contributed by atoms with van der Waals surface area (Å²) in [6.45, 7) is -1.81. The molecule has 0 bridgehead atoms. The second-order valence-electron chi connectivity index (χ2n) is 8.43. The van der Waals surface area contributed by atoms with Crippen molar-refractivity contribution < 1.29 is 27.6 Å². The van der Waals surface area contributed by atoms with Crippen molar-refractivity contribution in [3.05, 3.63) is 62.6 Å². The summed E-state index contributed by atoms with van der Waals surface area (Å²) in [5.41, 5.74) is 2.86. The van der Waals surface area contributed by atoms with Gasteiger partial charge in [0.25, 0.3) is 5.91 Å². The van der Waals surface area contributed by atoms with Crippen LogP contribution < -0.4 is 10.7 Å². The molecule has 4 rings (SSSR count). The second-order valence-corrected chi connectivity index (χ2v) is 11.2. The zero-order valence-corrected chi connectivity index (χ0v) is 22.2. The van der Waals surface area contributed by atoms with Crippen LogP contribution in [0.25, 0.3) is 0 Å². The molecule has 15 heteroatoms. The maximum atomic E-state index is 13.0. The van der Waals surface area contributed by atoms with Gasteiger partial charge >= 0.3 is 12.2 Å². The summed E-state index contributed by atoms with van der Waals surface area (Å²) in [5.74, 6) is -2.86. The van der Waals surface area contributed by atoms with E-state index in [0.717, 1.165) is 5.01 Å². The zero-order valence-electron chi connectivity index (χ0n) is 18.4. The van der Waals surface area contributed by atoms with Gasteiger partial charge in [-0.05, 0) is 42.0 Å². The summed E-state index contributed by atoms with van der Waals surface area (Å²) < 4.78 is 36.4. The molecule has 7 nitrogen and oxygen atoms in total. The van der Waals surface area contributed by atoms with E-state index in [1.165, 1.54) is 24.3 Å². The van der Waals surface area contributed by atoms with E-state index in [4.69, 9.17) is 58.0 Å². The highest BCUT2D eigenvalue weighted by Crippen LogP contribution is 2.65. The molecule has 2 aliphatic rings. The summed E-state index contributed by atoms with van der Waals surface area (Å²) in [7, 11) is 0. The Hall–Kier alpha value is -2.11. The minimum atomic E-state index is -4.57. The van der Waals surface area contributed by atoms with Crippen LogP contribution in [0.5, 0.6) is 0 Å². The first-order valence-corrected chi connectivity index (χ1v) is 12.4. The van der Waals surface area contributed by atoms with Gasteiger partial charge in [0.1, 0.15) is 10.9 Å². The van der Waals surface area contributed by atoms with Gasteiger partial charge in [0, 0.05) is 28.2 Å². The fraction of sp³-hybridized carbons (Fsp3) is 0.318. The van der Waals surface area contributed by atoms with Gasteiger partial charge in [-0.2, -0.15) is 13.2 Å². The van der Waals surface area contributed by atoms with E-state index >= 15 is 0 Å². The van der Waals surface area contributed by atoms with Gasteiger partial charge in [-0.1, -0.05) is 34.8 Å². The van der Waals surface area contributed by atoms with Gasteiger partial charge in [0.05, 0.1) is 23.0 Å². The fourth-order valence-electron chi connectivity index (χ4n) is 4.05. The van der Waals surface area contributed by atoms with E-state index in [-0.39, 0.29) is 29.4 Å². The lowest BCUT2D eigenvalue weighted by molar-refractivity contribution is -0.138. The lowest BCUT2D eigenvalue weighted by atomic mass is 10.1. The van der Waals surface area contributed by atoms with Gasteiger partial charge in [-0.25, -0.2) is 9.80 Å². The summed E-state index contributed by atoms with van der Waals surface area (Å²) in [6, 6.07) is 7.74. The first kappa shape index (κ1) is 27.9. The lowest BCUT2D eigenvalue weighted by Crippen LogP contribution is -2.46. The van der Waals surface area contributed by atoms with Crippen LogP contribution in [-0.4, -0.2) is 57.9 Å². The number of hydrogen-bond donors (Lipinski definition) is 2. The smallest absolute Gasteiger partial charge is 0.326 e. The third-order valence-electron chi connectivity index (χ3n) is 5.76. The van der Waals surface area contributed by atoms with Crippen molar-refractivity contribution in [1.29, 1.82) is 0 Å². The largest absolute Gasteiger partial charge is 0.406 e.